The van der Waals surface area contributed by atoms with Crippen LogP contribution in [0.1, 0.15) is 32.6 Å². The van der Waals surface area contributed by atoms with Crippen LogP contribution in [-0.4, -0.2) is 43.7 Å². The Balaban J connectivity index is 2.40. The van der Waals surface area contributed by atoms with Crippen LogP contribution >= 0.6 is 0 Å². The number of hydrogen-bond donors (Lipinski definition) is 1. The van der Waals surface area contributed by atoms with E-state index in [2.05, 4.69) is 6.92 Å². The molecule has 1 amide bonds. The zero-order valence-electron chi connectivity index (χ0n) is 10.4. The van der Waals surface area contributed by atoms with Crippen LogP contribution in [0.2, 0.25) is 0 Å². The molecule has 0 aliphatic carbocycles. The van der Waals surface area contributed by atoms with Crippen molar-refractivity contribution >= 4 is 5.91 Å². The fourth-order valence-electron chi connectivity index (χ4n) is 2.20. The van der Waals surface area contributed by atoms with Crippen LogP contribution in [-0.2, 0) is 9.53 Å². The van der Waals surface area contributed by atoms with Gasteiger partial charge in [0.1, 0.15) is 0 Å². The van der Waals surface area contributed by atoms with Gasteiger partial charge in [0.15, 0.2) is 0 Å². The van der Waals surface area contributed by atoms with Gasteiger partial charge >= 0.3 is 0 Å². The third-order valence-electron chi connectivity index (χ3n) is 3.36. The zero-order chi connectivity index (χ0) is 12.0. The molecule has 0 saturated carbocycles. The van der Waals surface area contributed by atoms with Crippen LogP contribution in [0.3, 0.4) is 0 Å². The lowest BCUT2D eigenvalue weighted by atomic mass is 9.95. The number of likely N-dealkylation sites (tertiary alicyclic amines) is 1. The summed E-state index contributed by atoms with van der Waals surface area (Å²) in [6, 6.07) is -0.393. The fourth-order valence-corrected chi connectivity index (χ4v) is 2.20. The van der Waals surface area contributed by atoms with Gasteiger partial charge in [0, 0.05) is 26.8 Å². The van der Waals surface area contributed by atoms with Gasteiger partial charge < -0.3 is 15.4 Å². The first-order valence-electron chi connectivity index (χ1n) is 6.22. The monoisotopic (exact) mass is 228 g/mol. The van der Waals surface area contributed by atoms with Crippen molar-refractivity contribution < 1.29 is 9.53 Å². The normalized spacial score (nSPS) is 23.2. The second kappa shape index (κ2) is 6.86. The Kier molecular flexibility index (Phi) is 5.77. The average Bonchev–Trinajstić information content (AvgIpc) is 2.35. The predicted octanol–water partition coefficient (Wildman–Crippen LogP) is 0.999. The molecule has 2 atom stereocenters. The molecule has 0 aromatic rings. The van der Waals surface area contributed by atoms with Gasteiger partial charge in [0.2, 0.25) is 5.91 Å². The number of ether oxygens (including phenoxy) is 1. The van der Waals surface area contributed by atoms with Gasteiger partial charge in [-0.1, -0.05) is 13.3 Å². The van der Waals surface area contributed by atoms with Crippen LogP contribution in [0.5, 0.6) is 0 Å². The molecule has 0 bridgehead atoms. The minimum absolute atomic E-state index is 0.0928. The van der Waals surface area contributed by atoms with Gasteiger partial charge in [0.25, 0.3) is 0 Å². The number of piperidine rings is 1. The Morgan fingerprint density at radius 3 is 3.00 bits per heavy atom. The molecule has 1 saturated heterocycles. The predicted molar refractivity (Wildman–Crippen MR) is 64.1 cm³/mol. The van der Waals surface area contributed by atoms with E-state index in [9.17, 15) is 4.79 Å². The number of amides is 1. The van der Waals surface area contributed by atoms with Crippen molar-refractivity contribution in [3.8, 4) is 0 Å². The minimum Gasteiger partial charge on any atom is -0.385 e. The minimum atomic E-state index is -0.393. The SMILES string of the molecule is CCC1CCCN(C(=O)C(N)CCOC)C1. The molecule has 4 nitrogen and oxygen atoms in total. The fraction of sp³-hybridized carbons (Fsp3) is 0.917. The molecule has 0 aromatic heterocycles. The van der Waals surface area contributed by atoms with E-state index in [-0.39, 0.29) is 5.91 Å². The summed E-state index contributed by atoms with van der Waals surface area (Å²) in [5.74, 6) is 0.752. The Bertz CT molecular complexity index is 221. The Labute approximate surface area is 98.1 Å². The van der Waals surface area contributed by atoms with Gasteiger partial charge in [0.05, 0.1) is 6.04 Å². The molecule has 1 aliphatic heterocycles. The van der Waals surface area contributed by atoms with E-state index in [1.807, 2.05) is 4.90 Å². The van der Waals surface area contributed by atoms with Gasteiger partial charge in [-0.3, -0.25) is 4.79 Å². The second-order valence-corrected chi connectivity index (χ2v) is 4.59. The average molecular weight is 228 g/mol. The number of nitrogens with zero attached hydrogens (tertiary/aromatic N) is 1. The summed E-state index contributed by atoms with van der Waals surface area (Å²) in [5, 5.41) is 0. The standard InChI is InChI=1S/C12H24N2O2/c1-3-10-5-4-7-14(9-10)12(15)11(13)6-8-16-2/h10-11H,3-9,13H2,1-2H3. The van der Waals surface area contributed by atoms with Crippen molar-refractivity contribution in [2.45, 2.75) is 38.6 Å². The lowest BCUT2D eigenvalue weighted by Crippen LogP contribution is -2.48. The molecule has 0 aromatic carbocycles. The molecule has 1 fully saturated rings. The van der Waals surface area contributed by atoms with Crippen molar-refractivity contribution in [1.82, 2.24) is 4.90 Å². The Morgan fingerprint density at radius 2 is 2.38 bits per heavy atom. The van der Waals surface area contributed by atoms with Crippen LogP contribution in [0.4, 0.5) is 0 Å². The molecule has 2 N–H and O–H groups in total. The Morgan fingerprint density at radius 1 is 1.62 bits per heavy atom. The van der Waals surface area contributed by atoms with Gasteiger partial charge in [-0.25, -0.2) is 0 Å². The van der Waals surface area contributed by atoms with Crippen molar-refractivity contribution in [3.05, 3.63) is 0 Å². The van der Waals surface area contributed by atoms with Gasteiger partial charge in [-0.05, 0) is 25.2 Å². The molecule has 1 aliphatic rings. The summed E-state index contributed by atoms with van der Waals surface area (Å²) < 4.78 is 4.94. The third kappa shape index (κ3) is 3.76. The second-order valence-electron chi connectivity index (χ2n) is 4.59. The summed E-state index contributed by atoms with van der Waals surface area (Å²) in [5.41, 5.74) is 5.85. The highest BCUT2D eigenvalue weighted by atomic mass is 16.5. The highest BCUT2D eigenvalue weighted by Gasteiger charge is 2.25. The molecular formula is C12H24N2O2. The van der Waals surface area contributed by atoms with E-state index in [1.54, 1.807) is 7.11 Å². The number of carbonyl (C=O) groups excluding carboxylic acids is 1. The van der Waals surface area contributed by atoms with E-state index in [4.69, 9.17) is 10.5 Å². The first kappa shape index (κ1) is 13.5. The molecular weight excluding hydrogens is 204 g/mol. The molecule has 2 unspecified atom stereocenters. The van der Waals surface area contributed by atoms with E-state index in [0.29, 0.717) is 18.9 Å². The maximum absolute atomic E-state index is 12.0. The van der Waals surface area contributed by atoms with E-state index in [1.165, 1.54) is 6.42 Å². The van der Waals surface area contributed by atoms with Gasteiger partial charge in [-0.15, -0.1) is 0 Å². The van der Waals surface area contributed by atoms with Gasteiger partial charge in [-0.2, -0.15) is 0 Å². The molecule has 0 spiro atoms. The number of hydrogen-bond acceptors (Lipinski definition) is 3. The lowest BCUT2D eigenvalue weighted by Gasteiger charge is -2.33. The van der Waals surface area contributed by atoms with Crippen LogP contribution in [0.15, 0.2) is 0 Å². The summed E-state index contributed by atoms with van der Waals surface area (Å²) in [6.07, 6.45) is 4.12. The maximum atomic E-state index is 12.0. The molecule has 0 radical (unpaired) electrons. The number of methoxy groups -OCH3 is 1. The maximum Gasteiger partial charge on any atom is 0.239 e. The molecule has 16 heavy (non-hydrogen) atoms. The molecule has 1 rings (SSSR count). The number of nitrogens with two attached hydrogens (primary N) is 1. The summed E-state index contributed by atoms with van der Waals surface area (Å²) in [6.45, 7) is 4.49. The van der Waals surface area contributed by atoms with Crippen LogP contribution in [0.25, 0.3) is 0 Å². The summed E-state index contributed by atoms with van der Waals surface area (Å²) in [7, 11) is 1.63. The van der Waals surface area contributed by atoms with Crippen molar-refractivity contribution in [2.75, 3.05) is 26.8 Å². The first-order chi connectivity index (χ1) is 7.69. The largest absolute Gasteiger partial charge is 0.385 e. The topological polar surface area (TPSA) is 55.6 Å². The number of rotatable bonds is 5. The van der Waals surface area contributed by atoms with Crippen LogP contribution < -0.4 is 5.73 Å². The van der Waals surface area contributed by atoms with Crippen molar-refractivity contribution in [3.63, 3.8) is 0 Å². The number of carbonyl (C=O) groups is 1. The first-order valence-corrected chi connectivity index (χ1v) is 6.22. The molecule has 1 heterocycles. The Hall–Kier alpha value is -0.610. The highest BCUT2D eigenvalue weighted by molar-refractivity contribution is 5.81. The van der Waals surface area contributed by atoms with E-state index < -0.39 is 6.04 Å². The van der Waals surface area contributed by atoms with Crippen molar-refractivity contribution in [1.29, 1.82) is 0 Å². The third-order valence-corrected chi connectivity index (χ3v) is 3.36. The highest BCUT2D eigenvalue weighted by Crippen LogP contribution is 2.19. The zero-order valence-corrected chi connectivity index (χ0v) is 10.4. The quantitative estimate of drug-likeness (QED) is 0.763. The summed E-state index contributed by atoms with van der Waals surface area (Å²) in [4.78, 5) is 13.9. The summed E-state index contributed by atoms with van der Waals surface area (Å²) >= 11 is 0. The van der Waals surface area contributed by atoms with E-state index >= 15 is 0 Å². The smallest absolute Gasteiger partial charge is 0.239 e. The molecule has 94 valence electrons. The van der Waals surface area contributed by atoms with Crippen molar-refractivity contribution in [2.24, 2.45) is 11.7 Å². The lowest BCUT2D eigenvalue weighted by molar-refractivity contribution is -0.134. The van der Waals surface area contributed by atoms with Crippen LogP contribution in [0, 0.1) is 5.92 Å². The molecule has 4 heteroatoms. The van der Waals surface area contributed by atoms with E-state index in [0.717, 1.165) is 25.9 Å².